The number of hydrogen-bond acceptors (Lipinski definition) is 4. The molecule has 118 valence electrons. The number of methoxy groups -OCH3 is 1. The third-order valence-electron chi connectivity index (χ3n) is 2.92. The average molecular weight is 310 g/mol. The normalized spacial score (nSPS) is 9.43. The third kappa shape index (κ3) is 5.71. The highest BCUT2D eigenvalue weighted by molar-refractivity contribution is 5.67. The summed E-state index contributed by atoms with van der Waals surface area (Å²) in [7, 11) is 1.55. The fourth-order valence-electron chi connectivity index (χ4n) is 1.81. The minimum atomic E-state index is -0.449. The second kappa shape index (κ2) is 9.11. The van der Waals surface area contributed by atoms with Gasteiger partial charge in [-0.15, -0.1) is 0 Å². The summed E-state index contributed by atoms with van der Waals surface area (Å²) in [4.78, 5) is 15.6. The Bertz CT molecular complexity index is 690. The molecule has 1 N–H and O–H groups in total. The maximum Gasteiger partial charge on any atom is 0.407 e. The van der Waals surface area contributed by atoms with Crippen molar-refractivity contribution in [2.75, 3.05) is 13.7 Å². The molecule has 0 fully saturated rings. The van der Waals surface area contributed by atoms with Gasteiger partial charge in [-0.05, 0) is 17.7 Å². The molecule has 1 heterocycles. The number of hydrogen-bond donors (Lipinski definition) is 1. The topological polar surface area (TPSA) is 60.5 Å². The minimum absolute atomic E-state index is 0.255. The molecular weight excluding hydrogens is 292 g/mol. The molecule has 1 aromatic carbocycles. The van der Waals surface area contributed by atoms with Crippen LogP contribution in [0.4, 0.5) is 4.79 Å². The van der Waals surface area contributed by atoms with Crippen molar-refractivity contribution in [3.63, 3.8) is 0 Å². The first-order valence-electron chi connectivity index (χ1n) is 7.22. The highest BCUT2D eigenvalue weighted by atomic mass is 16.5. The number of alkyl carbamates (subject to hydrolysis) is 1. The van der Waals surface area contributed by atoms with Gasteiger partial charge in [0.25, 0.3) is 0 Å². The van der Waals surface area contributed by atoms with E-state index >= 15 is 0 Å². The Labute approximate surface area is 135 Å². The standard InChI is InChI=1S/C18H18N2O3/c1-22-17-16(11-7-13-19-17)10-5-6-12-20-18(21)23-14-15-8-3-2-4-9-15/h2-4,7-9,11,13H,6,12,14H2,1H3,(H,20,21). The number of carbonyl (C=O) groups is 1. The van der Waals surface area contributed by atoms with Crippen LogP contribution in [0.2, 0.25) is 0 Å². The first kappa shape index (κ1) is 16.4. The van der Waals surface area contributed by atoms with E-state index < -0.39 is 6.09 Å². The number of rotatable bonds is 5. The van der Waals surface area contributed by atoms with E-state index in [4.69, 9.17) is 9.47 Å². The van der Waals surface area contributed by atoms with Crippen LogP contribution in [0.15, 0.2) is 48.7 Å². The Kier molecular flexibility index (Phi) is 6.48. The number of carbonyl (C=O) groups excluding carboxylic acids is 1. The van der Waals surface area contributed by atoms with Crippen LogP contribution in [0.3, 0.4) is 0 Å². The van der Waals surface area contributed by atoms with E-state index in [0.29, 0.717) is 18.8 Å². The molecule has 0 saturated heterocycles. The van der Waals surface area contributed by atoms with E-state index in [0.717, 1.165) is 11.1 Å². The van der Waals surface area contributed by atoms with Crippen molar-refractivity contribution in [3.05, 3.63) is 59.8 Å². The van der Waals surface area contributed by atoms with Gasteiger partial charge < -0.3 is 14.8 Å². The highest BCUT2D eigenvalue weighted by Gasteiger charge is 2.01. The Morgan fingerprint density at radius 1 is 1.22 bits per heavy atom. The molecule has 5 heteroatoms. The molecular formula is C18H18N2O3. The molecule has 5 nitrogen and oxygen atoms in total. The number of aromatic nitrogens is 1. The molecule has 2 rings (SSSR count). The molecule has 0 bridgehead atoms. The van der Waals surface area contributed by atoms with Crippen LogP contribution in [0.5, 0.6) is 5.88 Å². The SMILES string of the molecule is COc1ncccc1C#CCCNC(=O)OCc1ccccc1. The van der Waals surface area contributed by atoms with E-state index in [1.807, 2.05) is 36.4 Å². The van der Waals surface area contributed by atoms with Gasteiger partial charge in [0.1, 0.15) is 6.61 Å². The number of amides is 1. The van der Waals surface area contributed by atoms with Gasteiger partial charge in [-0.1, -0.05) is 42.2 Å². The second-order valence-corrected chi connectivity index (χ2v) is 4.60. The molecule has 0 atom stereocenters. The van der Waals surface area contributed by atoms with E-state index in [1.165, 1.54) is 0 Å². The van der Waals surface area contributed by atoms with Crippen molar-refractivity contribution < 1.29 is 14.3 Å². The van der Waals surface area contributed by atoms with Gasteiger partial charge in [0.05, 0.1) is 12.7 Å². The predicted octanol–water partition coefficient (Wildman–Crippen LogP) is 2.76. The number of benzene rings is 1. The van der Waals surface area contributed by atoms with E-state index in [2.05, 4.69) is 22.1 Å². The van der Waals surface area contributed by atoms with Gasteiger partial charge in [-0.3, -0.25) is 0 Å². The second-order valence-electron chi connectivity index (χ2n) is 4.60. The first-order chi connectivity index (χ1) is 11.3. The van der Waals surface area contributed by atoms with Crippen LogP contribution >= 0.6 is 0 Å². The van der Waals surface area contributed by atoms with Gasteiger partial charge in [0.15, 0.2) is 0 Å². The molecule has 2 aromatic rings. The molecule has 1 aromatic heterocycles. The van der Waals surface area contributed by atoms with Crippen molar-refractivity contribution in [3.8, 4) is 17.7 Å². The summed E-state index contributed by atoms with van der Waals surface area (Å²) in [5.41, 5.74) is 1.67. The lowest BCUT2D eigenvalue weighted by Crippen LogP contribution is -2.24. The van der Waals surface area contributed by atoms with Crippen LogP contribution in [0.25, 0.3) is 0 Å². The summed E-state index contributed by atoms with van der Waals surface area (Å²) in [6, 6.07) is 13.2. The van der Waals surface area contributed by atoms with Crippen molar-refractivity contribution in [2.24, 2.45) is 0 Å². The lowest BCUT2D eigenvalue weighted by molar-refractivity contribution is 0.140. The van der Waals surface area contributed by atoms with E-state index in [9.17, 15) is 4.79 Å². The Morgan fingerprint density at radius 2 is 2.04 bits per heavy atom. The number of nitrogens with one attached hydrogen (secondary N) is 1. The highest BCUT2D eigenvalue weighted by Crippen LogP contribution is 2.11. The van der Waals surface area contributed by atoms with Crippen molar-refractivity contribution in [1.82, 2.24) is 10.3 Å². The Morgan fingerprint density at radius 3 is 2.83 bits per heavy atom. The van der Waals surface area contributed by atoms with Crippen LogP contribution < -0.4 is 10.1 Å². The molecule has 0 aliphatic carbocycles. The lowest BCUT2D eigenvalue weighted by atomic mass is 10.2. The van der Waals surface area contributed by atoms with Crippen LogP contribution in [0, 0.1) is 11.8 Å². The molecule has 0 aliphatic heterocycles. The predicted molar refractivity (Wildman–Crippen MR) is 86.9 cm³/mol. The van der Waals surface area contributed by atoms with E-state index in [1.54, 1.807) is 19.4 Å². The van der Waals surface area contributed by atoms with E-state index in [-0.39, 0.29) is 6.61 Å². The largest absolute Gasteiger partial charge is 0.480 e. The summed E-state index contributed by atoms with van der Waals surface area (Å²) < 4.78 is 10.2. The third-order valence-corrected chi connectivity index (χ3v) is 2.92. The number of ether oxygens (including phenoxy) is 2. The molecule has 0 saturated carbocycles. The van der Waals surface area contributed by atoms with Crippen molar-refractivity contribution >= 4 is 6.09 Å². The molecule has 0 aliphatic rings. The lowest BCUT2D eigenvalue weighted by Gasteiger charge is -2.05. The summed E-state index contributed by atoms with van der Waals surface area (Å²) in [6.07, 6.45) is 1.71. The molecule has 23 heavy (non-hydrogen) atoms. The maximum absolute atomic E-state index is 11.5. The summed E-state index contributed by atoms with van der Waals surface area (Å²) in [5.74, 6) is 6.43. The van der Waals surface area contributed by atoms with Crippen molar-refractivity contribution in [1.29, 1.82) is 0 Å². The van der Waals surface area contributed by atoms with Gasteiger partial charge >= 0.3 is 6.09 Å². The van der Waals surface area contributed by atoms with Gasteiger partial charge in [0, 0.05) is 19.2 Å². The van der Waals surface area contributed by atoms with Crippen LogP contribution in [-0.4, -0.2) is 24.7 Å². The number of nitrogens with zero attached hydrogens (tertiary/aromatic N) is 1. The Balaban J connectivity index is 1.69. The fraction of sp³-hybridized carbons (Fsp3) is 0.222. The number of pyridine rings is 1. The zero-order valence-corrected chi connectivity index (χ0v) is 12.9. The molecule has 0 unspecified atom stereocenters. The molecule has 1 amide bonds. The smallest absolute Gasteiger partial charge is 0.407 e. The average Bonchev–Trinajstić information content (AvgIpc) is 2.61. The quantitative estimate of drug-likeness (QED) is 0.681. The molecule has 0 radical (unpaired) electrons. The Hall–Kier alpha value is -3.00. The van der Waals surface area contributed by atoms with Gasteiger partial charge in [0.2, 0.25) is 5.88 Å². The van der Waals surface area contributed by atoms with Crippen LogP contribution in [0.1, 0.15) is 17.5 Å². The maximum atomic E-state index is 11.5. The zero-order chi connectivity index (χ0) is 16.3. The summed E-state index contributed by atoms with van der Waals surface area (Å²) in [6.45, 7) is 0.675. The fourth-order valence-corrected chi connectivity index (χ4v) is 1.81. The first-order valence-corrected chi connectivity index (χ1v) is 7.22. The van der Waals surface area contributed by atoms with Gasteiger partial charge in [-0.2, -0.15) is 0 Å². The van der Waals surface area contributed by atoms with Crippen LogP contribution in [-0.2, 0) is 11.3 Å². The molecule has 0 spiro atoms. The zero-order valence-electron chi connectivity index (χ0n) is 12.9. The minimum Gasteiger partial charge on any atom is -0.480 e. The summed E-state index contributed by atoms with van der Waals surface area (Å²) in [5, 5.41) is 2.66. The monoisotopic (exact) mass is 310 g/mol. The summed E-state index contributed by atoms with van der Waals surface area (Å²) >= 11 is 0. The van der Waals surface area contributed by atoms with Gasteiger partial charge in [-0.25, -0.2) is 9.78 Å². The van der Waals surface area contributed by atoms with Crippen molar-refractivity contribution in [2.45, 2.75) is 13.0 Å².